The molecule has 20 heavy (non-hydrogen) atoms. The topological polar surface area (TPSA) is 68.3 Å². The van der Waals surface area contributed by atoms with Crippen LogP contribution in [0.3, 0.4) is 0 Å². The third-order valence-electron chi connectivity index (χ3n) is 3.27. The normalized spacial score (nSPS) is 13.9. The number of non-ortho nitro benzene ring substituents is 1. The number of benzene rings is 1. The molecule has 1 aromatic carbocycles. The van der Waals surface area contributed by atoms with E-state index in [0.29, 0.717) is 0 Å². The fourth-order valence-corrected chi connectivity index (χ4v) is 2.15. The molecule has 2 unspecified atom stereocenters. The van der Waals surface area contributed by atoms with Gasteiger partial charge in [-0.15, -0.1) is 0 Å². The molecular formula is C15H18N2O3. The zero-order chi connectivity index (χ0) is 14.7. The number of nitro groups is 1. The van der Waals surface area contributed by atoms with E-state index in [4.69, 9.17) is 4.42 Å². The fourth-order valence-electron chi connectivity index (χ4n) is 2.15. The largest absolute Gasteiger partial charge is 0.465 e. The van der Waals surface area contributed by atoms with E-state index < -0.39 is 0 Å². The maximum atomic E-state index is 10.8. The average Bonchev–Trinajstić information content (AvgIpc) is 2.85. The Kier molecular flexibility index (Phi) is 4.20. The molecule has 0 saturated heterocycles. The molecule has 1 heterocycles. The van der Waals surface area contributed by atoms with Gasteiger partial charge in [-0.1, -0.05) is 12.1 Å². The predicted molar refractivity (Wildman–Crippen MR) is 76.5 cm³/mol. The van der Waals surface area contributed by atoms with Gasteiger partial charge in [0.15, 0.2) is 0 Å². The van der Waals surface area contributed by atoms with Crippen molar-refractivity contribution in [3.63, 3.8) is 0 Å². The summed E-state index contributed by atoms with van der Waals surface area (Å²) in [4.78, 5) is 10.4. The van der Waals surface area contributed by atoms with Crippen molar-refractivity contribution in [2.45, 2.75) is 32.9 Å². The second-order valence-electron chi connectivity index (χ2n) is 4.91. The number of nitro benzene ring substituents is 1. The van der Waals surface area contributed by atoms with E-state index in [2.05, 4.69) is 5.32 Å². The van der Waals surface area contributed by atoms with Crippen LogP contribution in [0.5, 0.6) is 0 Å². The van der Waals surface area contributed by atoms with Gasteiger partial charge < -0.3 is 9.73 Å². The number of furan rings is 1. The second-order valence-corrected chi connectivity index (χ2v) is 4.91. The molecule has 0 bridgehead atoms. The van der Waals surface area contributed by atoms with E-state index in [0.717, 1.165) is 17.1 Å². The van der Waals surface area contributed by atoms with Gasteiger partial charge >= 0.3 is 0 Å². The van der Waals surface area contributed by atoms with Crippen LogP contribution in [-0.4, -0.2) is 4.92 Å². The Hall–Kier alpha value is -2.14. The monoisotopic (exact) mass is 274 g/mol. The van der Waals surface area contributed by atoms with Gasteiger partial charge in [0.2, 0.25) is 0 Å². The molecule has 106 valence electrons. The van der Waals surface area contributed by atoms with Gasteiger partial charge in [0, 0.05) is 18.2 Å². The molecule has 0 fully saturated rings. The van der Waals surface area contributed by atoms with Crippen molar-refractivity contribution in [3.8, 4) is 0 Å². The zero-order valence-electron chi connectivity index (χ0n) is 11.8. The summed E-state index contributed by atoms with van der Waals surface area (Å²) in [6.07, 6.45) is 0. The van der Waals surface area contributed by atoms with E-state index in [1.165, 1.54) is 6.07 Å². The summed E-state index contributed by atoms with van der Waals surface area (Å²) in [5, 5.41) is 14.2. The van der Waals surface area contributed by atoms with Crippen molar-refractivity contribution >= 4 is 5.69 Å². The third-order valence-corrected chi connectivity index (χ3v) is 3.27. The van der Waals surface area contributed by atoms with Crippen LogP contribution in [0, 0.1) is 17.0 Å². The minimum absolute atomic E-state index is 0.00435. The lowest BCUT2D eigenvalue weighted by Crippen LogP contribution is -2.22. The predicted octanol–water partition coefficient (Wildman–Crippen LogP) is 3.91. The molecule has 0 aliphatic heterocycles. The molecule has 2 atom stereocenters. The average molecular weight is 274 g/mol. The van der Waals surface area contributed by atoms with Gasteiger partial charge in [-0.05, 0) is 38.5 Å². The van der Waals surface area contributed by atoms with Crippen LogP contribution < -0.4 is 5.32 Å². The number of nitrogens with zero attached hydrogens (tertiary/aromatic N) is 1. The molecule has 0 radical (unpaired) electrons. The quantitative estimate of drug-likeness (QED) is 0.663. The Morgan fingerprint density at radius 3 is 2.55 bits per heavy atom. The molecule has 5 nitrogen and oxygen atoms in total. The molecular weight excluding hydrogens is 256 g/mol. The van der Waals surface area contributed by atoms with Gasteiger partial charge in [0.25, 0.3) is 5.69 Å². The van der Waals surface area contributed by atoms with Gasteiger partial charge in [-0.3, -0.25) is 10.1 Å². The molecule has 1 N–H and O–H groups in total. The van der Waals surface area contributed by atoms with Gasteiger partial charge in [0.05, 0.1) is 11.0 Å². The SMILES string of the molecule is Cc1ccc(C(C)NC(C)c2cccc([N+](=O)[O-])c2)o1. The number of nitrogens with one attached hydrogen (secondary N) is 1. The first kappa shape index (κ1) is 14.3. The highest BCUT2D eigenvalue weighted by molar-refractivity contribution is 5.35. The first-order valence-electron chi connectivity index (χ1n) is 6.54. The standard InChI is InChI=1S/C15H18N2O3/c1-10-7-8-15(20-10)12(3)16-11(2)13-5-4-6-14(9-13)17(18)19/h4-9,11-12,16H,1-3H3. The van der Waals surface area contributed by atoms with Crippen LogP contribution in [0.15, 0.2) is 40.8 Å². The zero-order valence-corrected chi connectivity index (χ0v) is 11.8. The minimum Gasteiger partial charge on any atom is -0.465 e. The maximum absolute atomic E-state index is 10.8. The summed E-state index contributed by atoms with van der Waals surface area (Å²) in [5.41, 5.74) is 0.993. The molecule has 0 aliphatic carbocycles. The summed E-state index contributed by atoms with van der Waals surface area (Å²) >= 11 is 0. The van der Waals surface area contributed by atoms with Crippen molar-refractivity contribution in [3.05, 3.63) is 63.6 Å². The second kappa shape index (κ2) is 5.88. The van der Waals surface area contributed by atoms with Gasteiger partial charge in [0.1, 0.15) is 11.5 Å². The van der Waals surface area contributed by atoms with Crippen LogP contribution in [0.2, 0.25) is 0 Å². The fraction of sp³-hybridized carbons (Fsp3) is 0.333. The Morgan fingerprint density at radius 1 is 1.20 bits per heavy atom. The highest BCUT2D eigenvalue weighted by Crippen LogP contribution is 2.23. The first-order chi connectivity index (χ1) is 9.47. The lowest BCUT2D eigenvalue weighted by molar-refractivity contribution is -0.384. The van der Waals surface area contributed by atoms with Crippen molar-refractivity contribution in [1.82, 2.24) is 5.32 Å². The van der Waals surface area contributed by atoms with E-state index in [1.54, 1.807) is 12.1 Å². The third kappa shape index (κ3) is 3.24. The highest BCUT2D eigenvalue weighted by Gasteiger charge is 2.15. The smallest absolute Gasteiger partial charge is 0.269 e. The van der Waals surface area contributed by atoms with E-state index >= 15 is 0 Å². The molecule has 0 spiro atoms. The van der Waals surface area contributed by atoms with Gasteiger partial charge in [-0.2, -0.15) is 0 Å². The maximum Gasteiger partial charge on any atom is 0.269 e. The molecule has 2 rings (SSSR count). The summed E-state index contributed by atoms with van der Waals surface area (Å²) in [7, 11) is 0. The lowest BCUT2D eigenvalue weighted by atomic mass is 10.1. The first-order valence-corrected chi connectivity index (χ1v) is 6.54. The van der Waals surface area contributed by atoms with Crippen molar-refractivity contribution in [2.75, 3.05) is 0 Å². The highest BCUT2D eigenvalue weighted by atomic mass is 16.6. The number of aryl methyl sites for hydroxylation is 1. The minimum atomic E-state index is -0.379. The Balaban J connectivity index is 2.09. The summed E-state index contributed by atoms with van der Waals surface area (Å²) in [6, 6.07) is 10.6. The molecule has 1 aromatic heterocycles. The van der Waals surface area contributed by atoms with Crippen molar-refractivity contribution < 1.29 is 9.34 Å². The van der Waals surface area contributed by atoms with Crippen molar-refractivity contribution in [1.29, 1.82) is 0 Å². The van der Waals surface area contributed by atoms with Crippen molar-refractivity contribution in [2.24, 2.45) is 0 Å². The Bertz CT molecular complexity index is 607. The number of rotatable bonds is 5. The van der Waals surface area contributed by atoms with E-state index in [9.17, 15) is 10.1 Å². The summed E-state index contributed by atoms with van der Waals surface area (Å²) < 4.78 is 5.57. The Labute approximate surface area is 117 Å². The summed E-state index contributed by atoms with van der Waals surface area (Å²) in [6.45, 7) is 5.89. The van der Waals surface area contributed by atoms with Crippen LogP contribution in [0.4, 0.5) is 5.69 Å². The van der Waals surface area contributed by atoms with E-state index in [1.807, 2.05) is 39.0 Å². The van der Waals surface area contributed by atoms with Crippen LogP contribution in [0.25, 0.3) is 0 Å². The van der Waals surface area contributed by atoms with Gasteiger partial charge in [-0.25, -0.2) is 0 Å². The van der Waals surface area contributed by atoms with Crippen LogP contribution in [-0.2, 0) is 0 Å². The molecule has 0 saturated carbocycles. The number of hydrogen-bond donors (Lipinski definition) is 1. The number of hydrogen-bond acceptors (Lipinski definition) is 4. The summed E-state index contributed by atoms with van der Waals surface area (Å²) in [5.74, 6) is 1.73. The molecule has 0 amide bonds. The molecule has 2 aromatic rings. The van der Waals surface area contributed by atoms with E-state index in [-0.39, 0.29) is 22.7 Å². The Morgan fingerprint density at radius 2 is 1.95 bits per heavy atom. The molecule has 0 aliphatic rings. The van der Waals surface area contributed by atoms with Crippen LogP contribution in [0.1, 0.15) is 43.0 Å². The molecule has 5 heteroatoms. The van der Waals surface area contributed by atoms with Crippen LogP contribution >= 0.6 is 0 Å². The lowest BCUT2D eigenvalue weighted by Gasteiger charge is -2.18.